The molecular formula is C46H26N4OS2. The van der Waals surface area contributed by atoms with Crippen LogP contribution in [0.25, 0.3) is 108 Å². The highest BCUT2D eigenvalue weighted by Gasteiger charge is 2.20. The molecule has 0 spiro atoms. The fourth-order valence-electron chi connectivity index (χ4n) is 7.31. The second-order valence-electron chi connectivity index (χ2n) is 13.0. The van der Waals surface area contributed by atoms with Crippen LogP contribution in [0.1, 0.15) is 0 Å². The van der Waals surface area contributed by atoms with Crippen LogP contribution in [0.15, 0.2) is 162 Å². The van der Waals surface area contributed by atoms with Crippen molar-refractivity contribution in [2.24, 2.45) is 0 Å². The molecule has 0 aliphatic rings. The molecule has 4 aromatic heterocycles. The van der Waals surface area contributed by atoms with E-state index in [2.05, 4.69) is 109 Å². The van der Waals surface area contributed by atoms with E-state index in [1.54, 1.807) is 22.7 Å². The van der Waals surface area contributed by atoms with Gasteiger partial charge in [-0.3, -0.25) is 0 Å². The van der Waals surface area contributed by atoms with E-state index < -0.39 is 0 Å². The maximum Gasteiger partial charge on any atom is 0.164 e. The van der Waals surface area contributed by atoms with Crippen LogP contribution in [-0.4, -0.2) is 19.9 Å². The summed E-state index contributed by atoms with van der Waals surface area (Å²) in [6.07, 6.45) is 0. The third kappa shape index (κ3) is 5.04. The first-order chi connectivity index (χ1) is 26.2. The van der Waals surface area contributed by atoms with Gasteiger partial charge in [-0.15, -0.1) is 22.7 Å². The highest BCUT2D eigenvalue weighted by Crippen LogP contribution is 2.42. The molecule has 0 aliphatic heterocycles. The van der Waals surface area contributed by atoms with E-state index in [0.717, 1.165) is 71.2 Å². The number of benzene rings is 7. The maximum atomic E-state index is 6.58. The average molecular weight is 715 g/mol. The van der Waals surface area contributed by atoms with E-state index in [0.29, 0.717) is 17.5 Å². The predicted octanol–water partition coefficient (Wildman–Crippen LogP) is 13.1. The Labute approximate surface area is 311 Å². The molecule has 7 aromatic carbocycles. The molecular weight excluding hydrogens is 689 g/mol. The Balaban J connectivity index is 1.07. The van der Waals surface area contributed by atoms with Gasteiger partial charge in [0.25, 0.3) is 0 Å². The zero-order valence-corrected chi connectivity index (χ0v) is 29.7. The van der Waals surface area contributed by atoms with Gasteiger partial charge < -0.3 is 4.42 Å². The zero-order valence-electron chi connectivity index (χ0n) is 28.0. The van der Waals surface area contributed by atoms with Gasteiger partial charge in [0.15, 0.2) is 17.5 Å². The third-order valence-corrected chi connectivity index (χ3v) is 12.0. The van der Waals surface area contributed by atoms with Crippen molar-refractivity contribution in [3.05, 3.63) is 158 Å². The molecule has 4 heterocycles. The number of thiophene rings is 1. The van der Waals surface area contributed by atoms with Crippen LogP contribution >= 0.6 is 22.7 Å². The molecule has 7 heteroatoms. The fourth-order valence-corrected chi connectivity index (χ4v) is 9.41. The topological polar surface area (TPSA) is 64.7 Å². The molecule has 248 valence electrons. The van der Waals surface area contributed by atoms with Crippen LogP contribution in [-0.2, 0) is 0 Å². The van der Waals surface area contributed by atoms with Gasteiger partial charge in [0, 0.05) is 53.2 Å². The lowest BCUT2D eigenvalue weighted by molar-refractivity contribution is 0.669. The van der Waals surface area contributed by atoms with Gasteiger partial charge in [0.2, 0.25) is 0 Å². The summed E-state index contributed by atoms with van der Waals surface area (Å²) in [7, 11) is 0. The summed E-state index contributed by atoms with van der Waals surface area (Å²) in [4.78, 5) is 20.3. The summed E-state index contributed by atoms with van der Waals surface area (Å²) >= 11 is 3.50. The minimum atomic E-state index is 0.603. The molecule has 53 heavy (non-hydrogen) atoms. The third-order valence-electron chi connectivity index (χ3n) is 9.79. The number of aromatic nitrogens is 4. The highest BCUT2D eigenvalue weighted by molar-refractivity contribution is 7.26. The zero-order chi connectivity index (χ0) is 34.9. The maximum absolute atomic E-state index is 6.58. The first-order valence-corrected chi connectivity index (χ1v) is 19.0. The minimum Gasteiger partial charge on any atom is -0.456 e. The Morgan fingerprint density at radius 1 is 0.377 bits per heavy atom. The van der Waals surface area contributed by atoms with Crippen LogP contribution in [0.5, 0.6) is 0 Å². The molecule has 0 atom stereocenters. The first kappa shape index (κ1) is 30.1. The second kappa shape index (κ2) is 12.0. The Morgan fingerprint density at radius 3 is 1.91 bits per heavy atom. The lowest BCUT2D eigenvalue weighted by Crippen LogP contribution is -2.00. The molecule has 0 fully saturated rings. The molecule has 0 saturated heterocycles. The lowest BCUT2D eigenvalue weighted by Gasteiger charge is -2.10. The van der Waals surface area contributed by atoms with Crippen molar-refractivity contribution in [1.82, 2.24) is 19.9 Å². The smallest absolute Gasteiger partial charge is 0.164 e. The van der Waals surface area contributed by atoms with E-state index in [9.17, 15) is 0 Å². The molecule has 5 nitrogen and oxygen atoms in total. The minimum absolute atomic E-state index is 0.603. The molecule has 0 N–H and O–H groups in total. The monoisotopic (exact) mass is 714 g/mol. The Morgan fingerprint density at radius 2 is 1.04 bits per heavy atom. The van der Waals surface area contributed by atoms with Crippen LogP contribution in [0, 0.1) is 0 Å². The first-order valence-electron chi connectivity index (χ1n) is 17.4. The van der Waals surface area contributed by atoms with E-state index >= 15 is 0 Å². The van der Waals surface area contributed by atoms with Gasteiger partial charge in [0.1, 0.15) is 16.2 Å². The van der Waals surface area contributed by atoms with Crippen molar-refractivity contribution in [3.8, 4) is 55.9 Å². The summed E-state index contributed by atoms with van der Waals surface area (Å²) < 4.78 is 10.2. The molecule has 0 aliphatic carbocycles. The molecule has 0 unspecified atom stereocenters. The molecule has 11 aromatic rings. The van der Waals surface area contributed by atoms with E-state index in [1.165, 1.54) is 19.5 Å². The van der Waals surface area contributed by atoms with Crippen molar-refractivity contribution in [1.29, 1.82) is 0 Å². The Kier molecular flexibility index (Phi) is 6.83. The number of fused-ring (bicyclic) bond motifs is 7. The summed E-state index contributed by atoms with van der Waals surface area (Å²) in [6.45, 7) is 0. The number of rotatable bonds is 5. The van der Waals surface area contributed by atoms with Crippen molar-refractivity contribution in [2.75, 3.05) is 0 Å². The average Bonchev–Trinajstić information content (AvgIpc) is 3.94. The van der Waals surface area contributed by atoms with Gasteiger partial charge in [-0.05, 0) is 59.7 Å². The summed E-state index contributed by atoms with van der Waals surface area (Å²) in [5, 5.41) is 5.37. The van der Waals surface area contributed by atoms with Crippen LogP contribution < -0.4 is 0 Å². The molecule has 0 bridgehead atoms. The number of thiazole rings is 1. The lowest BCUT2D eigenvalue weighted by atomic mass is 10.00. The SMILES string of the molecule is c1ccc(-c2nc(-c3cccc4oc5cc(-c6cccc(-c7nc8ccccc8s7)c6)ccc5c34)nc(-c3cccc4sc5ccccc5c34)n2)cc1. The quantitative estimate of drug-likeness (QED) is 0.178. The van der Waals surface area contributed by atoms with Gasteiger partial charge in [-0.25, -0.2) is 19.9 Å². The Bertz CT molecular complexity index is 3160. The fraction of sp³-hybridized carbons (Fsp3) is 0. The summed E-state index contributed by atoms with van der Waals surface area (Å²) in [5.74, 6) is 1.87. The van der Waals surface area contributed by atoms with Gasteiger partial charge in [0.05, 0.1) is 10.2 Å². The number of hydrogen-bond donors (Lipinski definition) is 0. The summed E-state index contributed by atoms with van der Waals surface area (Å²) in [5.41, 5.74) is 8.71. The second-order valence-corrected chi connectivity index (χ2v) is 15.1. The van der Waals surface area contributed by atoms with Crippen LogP contribution in [0.3, 0.4) is 0 Å². The van der Waals surface area contributed by atoms with E-state index in [-0.39, 0.29) is 0 Å². The van der Waals surface area contributed by atoms with Gasteiger partial charge in [-0.2, -0.15) is 0 Å². The number of hydrogen-bond acceptors (Lipinski definition) is 7. The van der Waals surface area contributed by atoms with Crippen molar-refractivity contribution in [2.45, 2.75) is 0 Å². The molecule has 0 radical (unpaired) electrons. The summed E-state index contributed by atoms with van der Waals surface area (Å²) in [6, 6.07) is 54.5. The van der Waals surface area contributed by atoms with Crippen molar-refractivity contribution < 1.29 is 4.42 Å². The van der Waals surface area contributed by atoms with Crippen molar-refractivity contribution >= 4 is 75.0 Å². The highest BCUT2D eigenvalue weighted by atomic mass is 32.1. The molecule has 0 saturated carbocycles. The predicted molar refractivity (Wildman–Crippen MR) is 220 cm³/mol. The van der Waals surface area contributed by atoms with Crippen LogP contribution in [0.4, 0.5) is 0 Å². The Hall–Kier alpha value is -6.54. The number of nitrogens with zero attached hydrogens (tertiary/aromatic N) is 4. The molecule has 11 rings (SSSR count). The standard InChI is InChI=1S/C46H26N4OS2/c1-2-11-27(12-3-1)43-48-44(50-45(49-43)34-17-10-22-40-42(34)32-15-4-6-20-38(32)52-40)33-16-9-19-36-41(33)31-24-23-29(26-37(31)51-36)28-13-8-14-30(25-28)46-47-35-18-5-7-21-39(35)53-46/h1-26H. The largest absolute Gasteiger partial charge is 0.456 e. The van der Waals surface area contributed by atoms with E-state index in [1.807, 2.05) is 48.5 Å². The number of furan rings is 1. The molecule has 0 amide bonds. The normalized spacial score (nSPS) is 11.8. The van der Waals surface area contributed by atoms with Crippen LogP contribution in [0.2, 0.25) is 0 Å². The van der Waals surface area contributed by atoms with Gasteiger partial charge in [-0.1, -0.05) is 109 Å². The number of para-hydroxylation sites is 1. The van der Waals surface area contributed by atoms with Gasteiger partial charge >= 0.3 is 0 Å². The van der Waals surface area contributed by atoms with Crippen molar-refractivity contribution in [3.63, 3.8) is 0 Å². The van der Waals surface area contributed by atoms with E-state index in [4.69, 9.17) is 24.4 Å².